The van der Waals surface area contributed by atoms with Crippen LogP contribution in [0.5, 0.6) is 5.88 Å². The Kier molecular flexibility index (Phi) is 5.62. The van der Waals surface area contributed by atoms with Gasteiger partial charge >= 0.3 is 0 Å². The third-order valence-electron chi connectivity index (χ3n) is 6.23. The number of hydrogen-bond donors (Lipinski definition) is 3. The van der Waals surface area contributed by atoms with Gasteiger partial charge in [-0.05, 0) is 55.0 Å². The molecule has 1 saturated carbocycles. The van der Waals surface area contributed by atoms with Crippen molar-refractivity contribution in [2.45, 2.75) is 25.9 Å². The number of nitrogens with zero attached hydrogens (tertiary/aromatic N) is 3. The second kappa shape index (κ2) is 8.75. The number of amides is 1. The number of hydrogen-bond acceptors (Lipinski definition) is 7. The van der Waals surface area contributed by atoms with E-state index < -0.39 is 5.91 Å². The van der Waals surface area contributed by atoms with Gasteiger partial charge in [0.05, 0.1) is 34.9 Å². The highest BCUT2D eigenvalue weighted by Crippen LogP contribution is 2.38. The fourth-order valence-corrected chi connectivity index (χ4v) is 4.23. The molecule has 0 aliphatic heterocycles. The van der Waals surface area contributed by atoms with Crippen LogP contribution in [0.2, 0.25) is 0 Å². The van der Waals surface area contributed by atoms with E-state index in [0.717, 1.165) is 34.9 Å². The second-order valence-corrected chi connectivity index (χ2v) is 8.55. The molecule has 0 radical (unpaired) electrons. The van der Waals surface area contributed by atoms with Crippen LogP contribution in [0, 0.1) is 12.8 Å². The van der Waals surface area contributed by atoms with Crippen molar-refractivity contribution >= 4 is 22.5 Å². The molecule has 5 rings (SSSR count). The van der Waals surface area contributed by atoms with Crippen LogP contribution in [0.3, 0.4) is 0 Å². The molecule has 9 nitrogen and oxygen atoms in total. The summed E-state index contributed by atoms with van der Waals surface area (Å²) in [6.07, 6.45) is 4.10. The molecule has 3 heterocycles. The molecule has 1 aromatic carbocycles. The van der Waals surface area contributed by atoms with Crippen LogP contribution < -0.4 is 16.2 Å². The van der Waals surface area contributed by atoms with Gasteiger partial charge in [0.15, 0.2) is 5.69 Å². The van der Waals surface area contributed by atoms with Crippen molar-refractivity contribution in [2.75, 3.05) is 19.5 Å². The zero-order valence-corrected chi connectivity index (χ0v) is 19.0. The van der Waals surface area contributed by atoms with Gasteiger partial charge in [0.25, 0.3) is 5.91 Å². The highest BCUT2D eigenvalue weighted by Gasteiger charge is 2.31. The normalized spacial score (nSPS) is 14.3. The van der Waals surface area contributed by atoms with Crippen molar-refractivity contribution in [3.8, 4) is 28.4 Å². The summed E-state index contributed by atoms with van der Waals surface area (Å²) in [6.45, 7) is 2.40. The quantitative estimate of drug-likeness (QED) is 0.367. The van der Waals surface area contributed by atoms with Gasteiger partial charge in [-0.15, -0.1) is 0 Å². The number of methoxy groups -OCH3 is 1. The van der Waals surface area contributed by atoms with Gasteiger partial charge in [0.2, 0.25) is 5.88 Å². The predicted octanol–water partition coefficient (Wildman–Crippen LogP) is 3.48. The molecule has 1 aliphatic rings. The second-order valence-electron chi connectivity index (χ2n) is 8.55. The molecule has 0 saturated heterocycles. The number of aromatic amines is 1. The third-order valence-corrected chi connectivity index (χ3v) is 6.23. The first-order valence-electron chi connectivity index (χ1n) is 11.1. The SMILES string of the molecule is CO[C@@H](COc1cccc(-c2cc(-c3c(C)ccc4[nH]ncc34)c(N)c(C(N)=O)n2)n1)C1CC1. The van der Waals surface area contributed by atoms with Gasteiger partial charge in [-0.25, -0.2) is 9.97 Å². The summed E-state index contributed by atoms with van der Waals surface area (Å²) in [5, 5.41) is 8.01. The van der Waals surface area contributed by atoms with Crippen molar-refractivity contribution in [3.05, 3.63) is 53.9 Å². The molecular formula is C25H26N6O3. The number of H-pyrrole nitrogens is 1. The molecule has 1 atom stereocenters. The Hall–Kier alpha value is -3.98. The van der Waals surface area contributed by atoms with Crippen molar-refractivity contribution in [3.63, 3.8) is 0 Å². The molecule has 174 valence electrons. The number of pyridine rings is 2. The molecule has 1 aliphatic carbocycles. The highest BCUT2D eigenvalue weighted by atomic mass is 16.5. The Morgan fingerprint density at radius 1 is 1.21 bits per heavy atom. The molecular weight excluding hydrogens is 432 g/mol. The minimum absolute atomic E-state index is 0.00583. The van der Waals surface area contributed by atoms with Crippen LogP contribution in [0.4, 0.5) is 5.69 Å². The van der Waals surface area contributed by atoms with Crippen molar-refractivity contribution in [1.29, 1.82) is 0 Å². The molecule has 4 aromatic rings. The van der Waals surface area contributed by atoms with Gasteiger partial charge in [-0.1, -0.05) is 12.1 Å². The highest BCUT2D eigenvalue weighted by molar-refractivity contribution is 6.05. The van der Waals surface area contributed by atoms with E-state index in [1.54, 1.807) is 25.4 Å². The van der Waals surface area contributed by atoms with E-state index in [-0.39, 0.29) is 17.5 Å². The Morgan fingerprint density at radius 3 is 2.76 bits per heavy atom. The maximum atomic E-state index is 12.2. The Morgan fingerprint density at radius 2 is 2.03 bits per heavy atom. The molecule has 0 spiro atoms. The van der Waals surface area contributed by atoms with Gasteiger partial charge in [-0.2, -0.15) is 5.10 Å². The van der Waals surface area contributed by atoms with E-state index in [2.05, 4.69) is 20.2 Å². The number of rotatable bonds is 8. The van der Waals surface area contributed by atoms with E-state index in [4.69, 9.17) is 20.9 Å². The van der Waals surface area contributed by atoms with Gasteiger partial charge < -0.3 is 20.9 Å². The summed E-state index contributed by atoms with van der Waals surface area (Å²) in [5.41, 5.74) is 16.6. The summed E-state index contributed by atoms with van der Waals surface area (Å²) < 4.78 is 11.4. The van der Waals surface area contributed by atoms with Gasteiger partial charge in [0.1, 0.15) is 6.61 Å². The molecule has 5 N–H and O–H groups in total. The summed E-state index contributed by atoms with van der Waals surface area (Å²) in [4.78, 5) is 21.3. The molecule has 1 fully saturated rings. The van der Waals surface area contributed by atoms with E-state index >= 15 is 0 Å². The molecule has 9 heteroatoms. The van der Waals surface area contributed by atoms with Crippen molar-refractivity contribution in [1.82, 2.24) is 20.2 Å². The van der Waals surface area contributed by atoms with Crippen LogP contribution in [0.1, 0.15) is 28.9 Å². The fraction of sp³-hybridized carbons (Fsp3) is 0.280. The van der Waals surface area contributed by atoms with E-state index in [1.165, 1.54) is 0 Å². The first-order chi connectivity index (χ1) is 16.5. The number of primary amides is 1. The van der Waals surface area contributed by atoms with Crippen LogP contribution in [0.15, 0.2) is 42.6 Å². The van der Waals surface area contributed by atoms with Crippen LogP contribution >= 0.6 is 0 Å². The van der Waals surface area contributed by atoms with Crippen molar-refractivity contribution in [2.24, 2.45) is 11.7 Å². The third kappa shape index (κ3) is 4.06. The predicted molar refractivity (Wildman–Crippen MR) is 129 cm³/mol. The lowest BCUT2D eigenvalue weighted by Gasteiger charge is -2.16. The fourth-order valence-electron chi connectivity index (χ4n) is 4.23. The molecule has 0 unspecified atom stereocenters. The smallest absolute Gasteiger partial charge is 0.269 e. The molecule has 3 aromatic heterocycles. The summed E-state index contributed by atoms with van der Waals surface area (Å²) in [6, 6.07) is 11.2. The number of nitrogens with two attached hydrogens (primary N) is 2. The Bertz CT molecular complexity index is 1380. The maximum absolute atomic E-state index is 12.2. The summed E-state index contributed by atoms with van der Waals surface area (Å²) in [5.74, 6) is 0.285. The Balaban J connectivity index is 1.58. The molecule has 1 amide bonds. The number of carbonyl (C=O) groups excluding carboxylic acids is 1. The minimum atomic E-state index is -0.711. The number of nitrogens with one attached hydrogen (secondary N) is 1. The zero-order valence-electron chi connectivity index (χ0n) is 19.0. The Labute approximate surface area is 196 Å². The van der Waals surface area contributed by atoms with Gasteiger partial charge in [0, 0.05) is 24.1 Å². The summed E-state index contributed by atoms with van der Waals surface area (Å²) in [7, 11) is 1.70. The first-order valence-corrected chi connectivity index (χ1v) is 11.1. The van der Waals surface area contributed by atoms with Crippen LogP contribution in [-0.4, -0.2) is 45.9 Å². The lowest BCUT2D eigenvalue weighted by atomic mass is 9.94. The number of fused-ring (bicyclic) bond motifs is 1. The number of carbonyl (C=O) groups is 1. The largest absolute Gasteiger partial charge is 0.475 e. The standard InChI is InChI=1S/C25H26N6O3/c1-13-6-9-17-16(11-28-31-17)22(13)15-10-19(30-24(23(15)26)25(27)32)18-4-3-5-21(29-18)34-12-20(33-2)14-7-8-14/h3-6,9-11,14,20H,7-8,12,26H2,1-2H3,(H2,27,32)(H,28,31)/t20-/m0/s1. The zero-order chi connectivity index (χ0) is 23.8. The maximum Gasteiger partial charge on any atom is 0.269 e. The van der Waals surface area contributed by atoms with E-state index in [9.17, 15) is 4.79 Å². The van der Waals surface area contributed by atoms with Crippen LogP contribution in [0.25, 0.3) is 33.4 Å². The molecule has 0 bridgehead atoms. The first kappa shape index (κ1) is 21.8. The van der Waals surface area contributed by atoms with E-state index in [0.29, 0.717) is 35.4 Å². The number of ether oxygens (including phenoxy) is 2. The van der Waals surface area contributed by atoms with E-state index in [1.807, 2.05) is 31.2 Å². The number of aromatic nitrogens is 4. The lowest BCUT2D eigenvalue weighted by molar-refractivity contribution is 0.0411. The number of aryl methyl sites for hydroxylation is 1. The minimum Gasteiger partial charge on any atom is -0.475 e. The topological polar surface area (TPSA) is 142 Å². The number of anilines is 1. The average molecular weight is 459 g/mol. The average Bonchev–Trinajstić information content (AvgIpc) is 3.56. The van der Waals surface area contributed by atoms with Crippen molar-refractivity contribution < 1.29 is 14.3 Å². The van der Waals surface area contributed by atoms with Crippen LogP contribution in [-0.2, 0) is 4.74 Å². The monoisotopic (exact) mass is 458 g/mol. The van der Waals surface area contributed by atoms with Gasteiger partial charge in [-0.3, -0.25) is 9.89 Å². The molecule has 34 heavy (non-hydrogen) atoms. The lowest BCUT2D eigenvalue weighted by Crippen LogP contribution is -2.22. The summed E-state index contributed by atoms with van der Waals surface area (Å²) >= 11 is 0. The number of nitrogen functional groups attached to an aromatic ring is 1. The number of benzene rings is 1.